The Morgan fingerprint density at radius 2 is 1.88 bits per heavy atom. The number of fused-ring (bicyclic) bond motifs is 1. The van der Waals surface area contributed by atoms with Crippen LogP contribution in [0.1, 0.15) is 53.6 Å². The van der Waals surface area contributed by atoms with E-state index in [1.54, 1.807) is 20.8 Å². The molecule has 2 heterocycles. The number of ether oxygens (including phenoxy) is 2. The Hall–Kier alpha value is -2.96. The van der Waals surface area contributed by atoms with E-state index >= 15 is 0 Å². The van der Waals surface area contributed by atoms with Gasteiger partial charge in [-0.3, -0.25) is 18.9 Å². The second kappa shape index (κ2) is 13.8. The quantitative estimate of drug-likeness (QED) is 0.311. The molecule has 1 aromatic heterocycles. The fraction of sp³-hybridized carbons (Fsp3) is 0.519. The molecule has 226 valence electrons. The number of carbonyl (C=O) groups excluding carboxylic acids is 2. The van der Waals surface area contributed by atoms with E-state index in [1.807, 2.05) is 0 Å². The molecule has 0 bridgehead atoms. The standard InChI is InChI=1S/C27H35F2N2O9P/c1-5-39-41(36,40-6-2)12-11-38-21-16-31-15-19(26(35)30-14-17-7-8-18(28)13-20(17)29)23(32)24(33)22(31)25(34)27(21,3)9-10-37-4/h7-8,13,15,21,33H,5-6,9-12,14,16H2,1-4H3,(H,30,35). The normalized spacial score (nSPS) is 18.8. The van der Waals surface area contributed by atoms with Crippen LogP contribution < -0.4 is 10.7 Å². The van der Waals surface area contributed by atoms with Gasteiger partial charge in [0.2, 0.25) is 5.43 Å². The number of pyridine rings is 1. The van der Waals surface area contributed by atoms with Gasteiger partial charge in [-0.1, -0.05) is 6.07 Å². The molecule has 1 aliphatic heterocycles. The van der Waals surface area contributed by atoms with Crippen molar-refractivity contribution in [3.05, 3.63) is 63.1 Å². The minimum Gasteiger partial charge on any atom is -0.503 e. The van der Waals surface area contributed by atoms with Crippen LogP contribution in [0.4, 0.5) is 8.78 Å². The average molecular weight is 601 g/mol. The van der Waals surface area contributed by atoms with E-state index in [-0.39, 0.29) is 63.4 Å². The van der Waals surface area contributed by atoms with E-state index in [0.717, 1.165) is 18.3 Å². The summed E-state index contributed by atoms with van der Waals surface area (Å²) in [7, 11) is -1.97. The minimum absolute atomic E-state index is 0.0176. The highest BCUT2D eigenvalue weighted by Gasteiger charge is 2.48. The van der Waals surface area contributed by atoms with Crippen LogP contribution in [-0.4, -0.2) is 67.2 Å². The van der Waals surface area contributed by atoms with Crippen molar-refractivity contribution in [2.45, 2.75) is 46.4 Å². The topological polar surface area (TPSA) is 142 Å². The summed E-state index contributed by atoms with van der Waals surface area (Å²) in [5, 5.41) is 13.1. The number of Topliss-reactive ketones (excluding diaryl/α,β-unsaturated/α-hetero) is 1. The number of nitrogens with zero attached hydrogens (tertiary/aromatic N) is 1. The first-order valence-electron chi connectivity index (χ1n) is 13.1. The number of methoxy groups -OCH3 is 1. The van der Waals surface area contributed by atoms with Gasteiger partial charge in [0.25, 0.3) is 5.91 Å². The molecule has 0 saturated carbocycles. The summed E-state index contributed by atoms with van der Waals surface area (Å²) in [5.74, 6) is -4.10. The molecular weight excluding hydrogens is 565 g/mol. The number of aromatic hydroxyl groups is 1. The van der Waals surface area contributed by atoms with Crippen LogP contribution in [-0.2, 0) is 36.2 Å². The van der Waals surface area contributed by atoms with Crippen molar-refractivity contribution in [1.82, 2.24) is 9.88 Å². The molecular formula is C27H35F2N2O9P. The lowest BCUT2D eigenvalue weighted by molar-refractivity contribution is -0.0446. The summed E-state index contributed by atoms with van der Waals surface area (Å²) in [6.07, 6.45) is 0.403. The fourth-order valence-electron chi connectivity index (χ4n) is 4.62. The first-order valence-corrected chi connectivity index (χ1v) is 14.9. The Morgan fingerprint density at radius 3 is 2.49 bits per heavy atom. The first-order chi connectivity index (χ1) is 19.4. The van der Waals surface area contributed by atoms with Gasteiger partial charge in [-0.05, 0) is 33.3 Å². The molecule has 1 amide bonds. The van der Waals surface area contributed by atoms with E-state index in [4.69, 9.17) is 18.5 Å². The number of benzene rings is 1. The Bertz CT molecular complexity index is 1370. The third-order valence-electron chi connectivity index (χ3n) is 6.92. The van der Waals surface area contributed by atoms with Gasteiger partial charge in [0.1, 0.15) is 22.9 Å². The van der Waals surface area contributed by atoms with Gasteiger partial charge in [-0.15, -0.1) is 0 Å². The highest BCUT2D eigenvalue weighted by atomic mass is 31.2. The number of nitrogens with one attached hydrogen (secondary N) is 1. The molecule has 0 saturated heterocycles. The largest absolute Gasteiger partial charge is 0.503 e. The number of amides is 1. The van der Waals surface area contributed by atoms with Crippen LogP contribution >= 0.6 is 7.60 Å². The number of ketones is 1. The van der Waals surface area contributed by atoms with Crippen LogP contribution in [0, 0.1) is 17.0 Å². The van der Waals surface area contributed by atoms with E-state index in [9.17, 15) is 32.8 Å². The maximum Gasteiger partial charge on any atom is 0.332 e. The van der Waals surface area contributed by atoms with Crippen molar-refractivity contribution < 1.29 is 46.6 Å². The summed E-state index contributed by atoms with van der Waals surface area (Å²) in [6.45, 7) is 5.01. The maximum atomic E-state index is 14.0. The lowest BCUT2D eigenvalue weighted by Gasteiger charge is -2.41. The molecule has 0 fully saturated rings. The number of halogens is 2. The Kier molecular flexibility index (Phi) is 11.0. The molecule has 1 aromatic carbocycles. The predicted molar refractivity (Wildman–Crippen MR) is 144 cm³/mol. The van der Waals surface area contributed by atoms with E-state index in [2.05, 4.69) is 5.32 Å². The average Bonchev–Trinajstić information content (AvgIpc) is 2.91. The highest BCUT2D eigenvalue weighted by molar-refractivity contribution is 7.53. The van der Waals surface area contributed by atoms with Gasteiger partial charge in [-0.25, -0.2) is 8.78 Å². The van der Waals surface area contributed by atoms with Crippen molar-refractivity contribution in [1.29, 1.82) is 0 Å². The Balaban J connectivity index is 1.90. The van der Waals surface area contributed by atoms with Crippen LogP contribution in [0.15, 0.2) is 29.2 Å². The minimum atomic E-state index is -3.43. The molecule has 0 radical (unpaired) electrons. The molecule has 1 aliphatic rings. The second-order valence-electron chi connectivity index (χ2n) is 9.66. The lowest BCUT2D eigenvalue weighted by atomic mass is 9.73. The number of hydrogen-bond acceptors (Lipinski definition) is 9. The molecule has 41 heavy (non-hydrogen) atoms. The summed E-state index contributed by atoms with van der Waals surface area (Å²) >= 11 is 0. The fourth-order valence-corrected chi connectivity index (χ4v) is 6.07. The monoisotopic (exact) mass is 600 g/mol. The van der Waals surface area contributed by atoms with Gasteiger partial charge < -0.3 is 33.5 Å². The number of carbonyl (C=O) groups is 2. The molecule has 14 heteroatoms. The summed E-state index contributed by atoms with van der Waals surface area (Å²) in [5.41, 5.74) is -3.12. The van der Waals surface area contributed by atoms with Crippen LogP contribution in [0.5, 0.6) is 5.75 Å². The van der Waals surface area contributed by atoms with Crippen molar-refractivity contribution in [3.8, 4) is 5.75 Å². The highest BCUT2D eigenvalue weighted by Crippen LogP contribution is 2.48. The summed E-state index contributed by atoms with van der Waals surface area (Å²) in [4.78, 5) is 39.5. The van der Waals surface area contributed by atoms with Gasteiger partial charge >= 0.3 is 7.60 Å². The number of aromatic nitrogens is 1. The van der Waals surface area contributed by atoms with Gasteiger partial charge in [0.15, 0.2) is 11.5 Å². The van der Waals surface area contributed by atoms with E-state index in [0.29, 0.717) is 6.07 Å². The zero-order valence-electron chi connectivity index (χ0n) is 23.4. The Labute approximate surface area is 236 Å². The lowest BCUT2D eigenvalue weighted by Crippen LogP contribution is -2.51. The molecule has 0 spiro atoms. The van der Waals surface area contributed by atoms with Crippen molar-refractivity contribution in [3.63, 3.8) is 0 Å². The molecule has 2 atom stereocenters. The summed E-state index contributed by atoms with van der Waals surface area (Å²) in [6, 6.07) is 2.84. The van der Waals surface area contributed by atoms with Gasteiger partial charge in [0.05, 0.1) is 44.0 Å². The molecule has 2 aromatic rings. The van der Waals surface area contributed by atoms with Crippen molar-refractivity contribution in [2.24, 2.45) is 5.41 Å². The molecule has 3 rings (SSSR count). The molecule has 2 N–H and O–H groups in total. The van der Waals surface area contributed by atoms with Crippen LogP contribution in [0.3, 0.4) is 0 Å². The van der Waals surface area contributed by atoms with Crippen molar-refractivity contribution in [2.75, 3.05) is 39.7 Å². The Morgan fingerprint density at radius 1 is 1.20 bits per heavy atom. The molecule has 2 unspecified atom stereocenters. The zero-order chi connectivity index (χ0) is 30.4. The smallest absolute Gasteiger partial charge is 0.332 e. The number of rotatable bonds is 14. The second-order valence-corrected chi connectivity index (χ2v) is 11.8. The third-order valence-corrected chi connectivity index (χ3v) is 8.96. The molecule has 11 nitrogen and oxygen atoms in total. The SMILES string of the molecule is CCOP(=O)(CCOC1Cn2cc(C(=O)NCc3ccc(F)cc3F)c(=O)c(O)c2C(=O)C1(C)CCOC)OCC. The zero-order valence-corrected chi connectivity index (χ0v) is 24.3. The van der Waals surface area contributed by atoms with Crippen LogP contribution in [0.2, 0.25) is 0 Å². The molecule has 0 aliphatic carbocycles. The first kappa shape index (κ1) is 32.6. The third kappa shape index (κ3) is 7.28. The van der Waals surface area contributed by atoms with Crippen molar-refractivity contribution >= 4 is 19.3 Å². The summed E-state index contributed by atoms with van der Waals surface area (Å²) < 4.78 is 63.1. The maximum absolute atomic E-state index is 14.0. The predicted octanol–water partition coefficient (Wildman–Crippen LogP) is 3.65. The van der Waals surface area contributed by atoms with E-state index in [1.165, 1.54) is 11.7 Å². The van der Waals surface area contributed by atoms with Gasteiger partial charge in [0, 0.05) is 38.1 Å². The van der Waals surface area contributed by atoms with Crippen LogP contribution in [0.25, 0.3) is 0 Å². The number of hydrogen-bond donors (Lipinski definition) is 2. The van der Waals surface area contributed by atoms with E-state index < -0.39 is 59.2 Å². The van der Waals surface area contributed by atoms with Gasteiger partial charge in [-0.2, -0.15) is 0 Å².